The zero-order valence-electron chi connectivity index (χ0n) is 13.5. The van der Waals surface area contributed by atoms with Gasteiger partial charge in [0, 0.05) is 24.3 Å². The van der Waals surface area contributed by atoms with E-state index in [2.05, 4.69) is 47.5 Å². The molecule has 1 unspecified atom stereocenters. The lowest BCUT2D eigenvalue weighted by Crippen LogP contribution is -3.00. The van der Waals surface area contributed by atoms with Crippen molar-refractivity contribution in [1.29, 1.82) is 0 Å². The number of methoxy groups -OCH3 is 1. The summed E-state index contributed by atoms with van der Waals surface area (Å²) >= 11 is 3.62. The highest BCUT2D eigenvalue weighted by atomic mass is 79.9. The molecule has 22 heavy (non-hydrogen) atoms. The van der Waals surface area contributed by atoms with Gasteiger partial charge in [0.25, 0.3) is 6.04 Å². The van der Waals surface area contributed by atoms with Gasteiger partial charge in [-0.2, -0.15) is 0 Å². The molecule has 122 valence electrons. The summed E-state index contributed by atoms with van der Waals surface area (Å²) in [5, 5.41) is 0.806. The first kappa shape index (κ1) is 19.4. The molecule has 5 heteroatoms. The lowest BCUT2D eigenvalue weighted by molar-refractivity contribution is -0.616. The molecule has 1 heterocycles. The van der Waals surface area contributed by atoms with Crippen LogP contribution in [0.3, 0.4) is 0 Å². The lowest BCUT2D eigenvalue weighted by atomic mass is 9.85. The fraction of sp³-hybridized carbons (Fsp3) is 0.529. The molecule has 0 saturated carbocycles. The number of esters is 1. The number of halogens is 2. The molecule has 0 aromatic heterocycles. The fourth-order valence-electron chi connectivity index (χ4n) is 3.31. The zero-order valence-corrected chi connectivity index (χ0v) is 16.6. The number of carbonyl (C=O) groups excluding carboxylic acids is 1. The second kappa shape index (κ2) is 7.26. The molecule has 0 aliphatic carbocycles. The predicted octanol–water partition coefficient (Wildman–Crippen LogP) is 0.572. The maximum absolute atomic E-state index is 12.4. The van der Waals surface area contributed by atoms with E-state index in [4.69, 9.17) is 4.74 Å². The lowest BCUT2D eigenvalue weighted by Gasteiger charge is -2.25. The molecule has 0 bridgehead atoms. The molecular formula is C17H23Br2NO2. The Morgan fingerprint density at radius 2 is 1.91 bits per heavy atom. The Balaban J connectivity index is 0.00000242. The Hall–Kier alpha value is -0.680. The quantitative estimate of drug-likeness (QED) is 0.395. The predicted molar refractivity (Wildman–Crippen MR) is 88.1 cm³/mol. The van der Waals surface area contributed by atoms with Crippen molar-refractivity contribution in [2.75, 3.05) is 12.4 Å². The van der Waals surface area contributed by atoms with Crippen molar-refractivity contribution in [3.63, 3.8) is 0 Å². The van der Waals surface area contributed by atoms with Crippen molar-refractivity contribution in [1.82, 2.24) is 0 Å². The molecule has 1 aliphatic heterocycles. The standard InChI is InChI=1S/C17H23BrNO2.BrH/c1-16(2)10-17(3,11-18)19(12-16)14(15(20)21-4)13-8-6-5-7-9-13;/h5-9,12,14H,10-11H2,1-4H3;1H/q+1;/p-1/t14-,17?;/m1./s1. The summed E-state index contributed by atoms with van der Waals surface area (Å²) in [4.78, 5) is 12.4. The van der Waals surface area contributed by atoms with E-state index in [0.29, 0.717) is 0 Å². The van der Waals surface area contributed by atoms with E-state index in [0.717, 1.165) is 17.3 Å². The first-order valence-corrected chi connectivity index (χ1v) is 8.28. The van der Waals surface area contributed by atoms with Crippen LogP contribution in [0.1, 0.15) is 38.8 Å². The van der Waals surface area contributed by atoms with Crippen LogP contribution >= 0.6 is 15.9 Å². The third-order valence-electron chi connectivity index (χ3n) is 4.05. The maximum atomic E-state index is 12.4. The molecule has 0 amide bonds. The molecule has 0 saturated heterocycles. The number of carbonyl (C=O) groups is 1. The number of benzene rings is 1. The highest BCUT2D eigenvalue weighted by Crippen LogP contribution is 2.40. The number of alkyl halides is 1. The Bertz CT molecular complexity index is 557. The third-order valence-corrected chi connectivity index (χ3v) is 5.26. The minimum absolute atomic E-state index is 0. The Morgan fingerprint density at radius 3 is 2.41 bits per heavy atom. The van der Waals surface area contributed by atoms with Gasteiger partial charge in [0.05, 0.1) is 12.4 Å². The molecule has 0 radical (unpaired) electrons. The molecule has 0 spiro atoms. The summed E-state index contributed by atoms with van der Waals surface area (Å²) in [6, 6.07) is 9.43. The minimum atomic E-state index is -0.402. The second-order valence-corrected chi connectivity index (χ2v) is 7.23. The molecule has 0 N–H and O–H groups in total. The minimum Gasteiger partial charge on any atom is -1.00 e. The van der Waals surface area contributed by atoms with Crippen molar-refractivity contribution in [3.05, 3.63) is 35.9 Å². The summed E-state index contributed by atoms with van der Waals surface area (Å²) in [6.45, 7) is 6.59. The number of hydrogen-bond donors (Lipinski definition) is 0. The van der Waals surface area contributed by atoms with Gasteiger partial charge >= 0.3 is 5.97 Å². The number of nitrogens with zero attached hydrogens (tertiary/aromatic N) is 1. The van der Waals surface area contributed by atoms with Crippen LogP contribution in [-0.4, -0.2) is 34.7 Å². The molecule has 3 nitrogen and oxygen atoms in total. The van der Waals surface area contributed by atoms with Crippen LogP contribution in [0.25, 0.3) is 0 Å². The number of rotatable bonds is 4. The molecule has 1 aromatic carbocycles. The monoisotopic (exact) mass is 431 g/mol. The largest absolute Gasteiger partial charge is 1.00 e. The van der Waals surface area contributed by atoms with Crippen molar-refractivity contribution >= 4 is 28.1 Å². The van der Waals surface area contributed by atoms with Crippen molar-refractivity contribution < 1.29 is 31.1 Å². The van der Waals surface area contributed by atoms with E-state index in [9.17, 15) is 4.79 Å². The van der Waals surface area contributed by atoms with Gasteiger partial charge in [-0.25, -0.2) is 9.37 Å². The van der Waals surface area contributed by atoms with Gasteiger partial charge in [0.15, 0.2) is 5.54 Å². The van der Waals surface area contributed by atoms with E-state index in [1.807, 2.05) is 30.3 Å². The molecule has 0 fully saturated rings. The first-order valence-electron chi connectivity index (χ1n) is 7.16. The summed E-state index contributed by atoms with van der Waals surface area (Å²) in [5.74, 6) is -0.220. The van der Waals surface area contributed by atoms with Crippen molar-refractivity contribution in [2.45, 2.75) is 38.8 Å². The SMILES string of the molecule is COC(=O)[C@@H](c1ccccc1)[N+]1=CC(C)(C)CC1(C)CBr.[Br-]. The van der Waals surface area contributed by atoms with Gasteiger partial charge < -0.3 is 21.7 Å². The highest BCUT2D eigenvalue weighted by molar-refractivity contribution is 9.09. The fourth-order valence-corrected chi connectivity index (χ4v) is 3.80. The van der Waals surface area contributed by atoms with E-state index in [1.54, 1.807) is 0 Å². The molecule has 2 atom stereocenters. The van der Waals surface area contributed by atoms with Crippen LogP contribution in [0.5, 0.6) is 0 Å². The van der Waals surface area contributed by atoms with Crippen LogP contribution in [0.4, 0.5) is 0 Å². The molecule has 1 aliphatic rings. The summed E-state index contributed by atoms with van der Waals surface area (Å²) in [7, 11) is 1.45. The van der Waals surface area contributed by atoms with Crippen LogP contribution in [-0.2, 0) is 9.53 Å². The topological polar surface area (TPSA) is 29.3 Å². The zero-order chi connectivity index (χ0) is 15.7. The summed E-state index contributed by atoms with van der Waals surface area (Å²) in [6.07, 6.45) is 3.18. The average Bonchev–Trinajstić information content (AvgIpc) is 2.70. The summed E-state index contributed by atoms with van der Waals surface area (Å²) in [5.41, 5.74) is 0.910. The highest BCUT2D eigenvalue weighted by Gasteiger charge is 2.53. The smallest absolute Gasteiger partial charge is 0.380 e. The number of hydrogen-bond acceptors (Lipinski definition) is 2. The molecule has 1 aromatic rings. The Labute approximate surface area is 151 Å². The van der Waals surface area contributed by atoms with Gasteiger partial charge in [-0.3, -0.25) is 0 Å². The van der Waals surface area contributed by atoms with Crippen molar-refractivity contribution in [3.8, 4) is 0 Å². The van der Waals surface area contributed by atoms with Crippen LogP contribution in [0, 0.1) is 5.41 Å². The Kier molecular flexibility index (Phi) is 6.39. The van der Waals surface area contributed by atoms with Gasteiger partial charge in [0.1, 0.15) is 6.21 Å². The van der Waals surface area contributed by atoms with Gasteiger partial charge in [-0.05, 0) is 0 Å². The van der Waals surface area contributed by atoms with E-state index < -0.39 is 6.04 Å². The van der Waals surface area contributed by atoms with Crippen molar-refractivity contribution in [2.24, 2.45) is 5.41 Å². The van der Waals surface area contributed by atoms with Gasteiger partial charge in [-0.1, -0.05) is 60.1 Å². The van der Waals surface area contributed by atoms with Gasteiger partial charge in [-0.15, -0.1) is 0 Å². The first-order chi connectivity index (χ1) is 9.83. The van der Waals surface area contributed by atoms with Crippen LogP contribution in [0.15, 0.2) is 30.3 Å². The van der Waals surface area contributed by atoms with E-state index in [1.165, 1.54) is 7.11 Å². The second-order valence-electron chi connectivity index (χ2n) is 6.67. The molecule has 2 rings (SSSR count). The van der Waals surface area contributed by atoms with Crippen LogP contribution in [0.2, 0.25) is 0 Å². The maximum Gasteiger partial charge on any atom is 0.380 e. The van der Waals surface area contributed by atoms with E-state index in [-0.39, 0.29) is 33.9 Å². The van der Waals surface area contributed by atoms with E-state index >= 15 is 0 Å². The molecular weight excluding hydrogens is 410 g/mol. The Morgan fingerprint density at radius 1 is 1.32 bits per heavy atom. The van der Waals surface area contributed by atoms with Gasteiger partial charge in [0.2, 0.25) is 0 Å². The third kappa shape index (κ3) is 3.80. The van der Waals surface area contributed by atoms with Crippen LogP contribution < -0.4 is 17.0 Å². The normalized spacial score (nSPS) is 24.1. The summed E-state index contributed by atoms with van der Waals surface area (Å²) < 4.78 is 7.24. The number of ether oxygens (including phenoxy) is 1. The average molecular weight is 433 g/mol.